The van der Waals surface area contributed by atoms with Crippen LogP contribution in [0.4, 0.5) is 19.0 Å². The van der Waals surface area contributed by atoms with Crippen LogP contribution >= 0.6 is 0 Å². The number of aryl methyl sites for hydroxylation is 1. The number of hydrogen-bond donors (Lipinski definition) is 2. The monoisotopic (exact) mass is 312 g/mol. The maximum absolute atomic E-state index is 13.1. The molecule has 0 bridgehead atoms. The molecule has 3 N–H and O–H groups in total. The topological polar surface area (TPSA) is 93.0 Å². The number of carbonyl (C=O) groups is 1. The molecule has 2 heterocycles. The second-order valence-electron chi connectivity index (χ2n) is 4.34. The highest BCUT2D eigenvalue weighted by Gasteiger charge is 2.40. The quantitative estimate of drug-likeness (QED) is 0.671. The van der Waals surface area contributed by atoms with E-state index in [0.717, 1.165) is 0 Å². The van der Waals surface area contributed by atoms with Crippen molar-refractivity contribution in [1.82, 2.24) is 9.38 Å². The largest absolute Gasteiger partial charge is 0.478 e. The summed E-state index contributed by atoms with van der Waals surface area (Å²) in [4.78, 5) is 18.5. The van der Waals surface area contributed by atoms with Crippen LogP contribution in [0, 0.1) is 6.92 Å². The number of nitrogens with zero attached hydrogens (tertiary/aromatic N) is 3. The van der Waals surface area contributed by atoms with Crippen molar-refractivity contribution in [2.24, 2.45) is 10.7 Å². The summed E-state index contributed by atoms with van der Waals surface area (Å²) in [6.07, 6.45) is -3.11. The van der Waals surface area contributed by atoms with E-state index in [1.165, 1.54) is 22.7 Å². The van der Waals surface area contributed by atoms with Gasteiger partial charge in [0, 0.05) is 12.4 Å². The Kier molecular flexibility index (Phi) is 3.89. The molecule has 0 aromatic carbocycles. The SMILES string of the molecule is Cc1cn2c(N=C(C(=CN)C(=O)O)C(F)(F)F)cccc2n1. The van der Waals surface area contributed by atoms with Gasteiger partial charge in [0.25, 0.3) is 0 Å². The molecule has 6 nitrogen and oxygen atoms in total. The molecule has 0 aliphatic heterocycles. The minimum absolute atomic E-state index is 0.106. The molecule has 0 saturated carbocycles. The number of halogens is 3. The molecular formula is C13H11F3N4O2. The predicted molar refractivity (Wildman–Crippen MR) is 73.0 cm³/mol. The second-order valence-corrected chi connectivity index (χ2v) is 4.34. The van der Waals surface area contributed by atoms with Gasteiger partial charge in [-0.1, -0.05) is 6.07 Å². The van der Waals surface area contributed by atoms with E-state index in [2.05, 4.69) is 9.98 Å². The Hall–Kier alpha value is -2.84. The third-order valence-corrected chi connectivity index (χ3v) is 2.74. The summed E-state index contributed by atoms with van der Waals surface area (Å²) in [7, 11) is 0. The molecule has 9 heteroatoms. The van der Waals surface area contributed by atoms with Crippen LogP contribution < -0.4 is 5.73 Å². The van der Waals surface area contributed by atoms with E-state index in [9.17, 15) is 18.0 Å². The van der Waals surface area contributed by atoms with Gasteiger partial charge in [-0.15, -0.1) is 0 Å². The number of aromatic nitrogens is 2. The lowest BCUT2D eigenvalue weighted by Gasteiger charge is -2.11. The molecule has 116 valence electrons. The van der Waals surface area contributed by atoms with Crippen molar-refractivity contribution in [3.63, 3.8) is 0 Å². The van der Waals surface area contributed by atoms with Crippen molar-refractivity contribution < 1.29 is 23.1 Å². The normalized spacial score (nSPS) is 13.6. The highest BCUT2D eigenvalue weighted by atomic mass is 19.4. The van der Waals surface area contributed by atoms with Gasteiger partial charge in [-0.2, -0.15) is 13.2 Å². The van der Waals surface area contributed by atoms with Gasteiger partial charge < -0.3 is 10.8 Å². The van der Waals surface area contributed by atoms with Crippen molar-refractivity contribution in [1.29, 1.82) is 0 Å². The molecule has 0 fully saturated rings. The Balaban J connectivity index is 2.70. The van der Waals surface area contributed by atoms with Gasteiger partial charge in [-0.3, -0.25) is 4.40 Å². The molecule has 2 aromatic rings. The Morgan fingerprint density at radius 1 is 1.45 bits per heavy atom. The number of fused-ring (bicyclic) bond motifs is 1. The molecule has 22 heavy (non-hydrogen) atoms. The summed E-state index contributed by atoms with van der Waals surface area (Å²) in [5, 5.41) is 8.85. The number of carboxylic acids is 1. The van der Waals surface area contributed by atoms with E-state index in [1.54, 1.807) is 13.0 Å². The molecule has 0 unspecified atom stereocenters. The number of aliphatic imine (C=N–C) groups is 1. The molecule has 0 atom stereocenters. The van der Waals surface area contributed by atoms with Crippen molar-refractivity contribution in [2.45, 2.75) is 13.1 Å². The molecule has 0 spiro atoms. The fourth-order valence-electron chi connectivity index (χ4n) is 1.85. The molecular weight excluding hydrogens is 301 g/mol. The van der Waals surface area contributed by atoms with Crippen LogP contribution in [0.1, 0.15) is 5.69 Å². The number of aliphatic carboxylic acids is 1. The van der Waals surface area contributed by atoms with E-state index in [1.807, 2.05) is 0 Å². The van der Waals surface area contributed by atoms with Gasteiger partial charge in [0.1, 0.15) is 17.0 Å². The molecule has 0 aliphatic rings. The van der Waals surface area contributed by atoms with E-state index >= 15 is 0 Å². The van der Waals surface area contributed by atoms with Crippen molar-refractivity contribution in [3.8, 4) is 0 Å². The van der Waals surface area contributed by atoms with Crippen LogP contribution in [0.5, 0.6) is 0 Å². The van der Waals surface area contributed by atoms with Crippen LogP contribution in [0.2, 0.25) is 0 Å². The zero-order valence-electron chi connectivity index (χ0n) is 11.3. The number of hydrogen-bond acceptors (Lipinski definition) is 4. The number of imidazole rings is 1. The lowest BCUT2D eigenvalue weighted by molar-refractivity contribution is -0.132. The van der Waals surface area contributed by atoms with Gasteiger partial charge in [-0.25, -0.2) is 14.8 Å². The molecule has 2 rings (SSSR count). The summed E-state index contributed by atoms with van der Waals surface area (Å²) < 4.78 is 40.6. The predicted octanol–water partition coefficient (Wildman–Crippen LogP) is 2.20. The number of carboxylic acid groups (broad SMARTS) is 1. The lowest BCUT2D eigenvalue weighted by Crippen LogP contribution is -2.29. The molecule has 0 radical (unpaired) electrons. The van der Waals surface area contributed by atoms with Crippen LogP contribution in [-0.2, 0) is 4.79 Å². The van der Waals surface area contributed by atoms with Crippen molar-refractivity contribution in [2.75, 3.05) is 0 Å². The third-order valence-electron chi connectivity index (χ3n) is 2.74. The number of nitrogens with two attached hydrogens (primary N) is 1. The first-order chi connectivity index (χ1) is 10.2. The number of rotatable bonds is 3. The summed E-state index contributed by atoms with van der Waals surface area (Å²) in [5.74, 6) is -1.92. The zero-order valence-corrected chi connectivity index (χ0v) is 11.3. The van der Waals surface area contributed by atoms with Gasteiger partial charge >= 0.3 is 12.1 Å². The minimum Gasteiger partial charge on any atom is -0.478 e. The summed E-state index contributed by atoms with van der Waals surface area (Å²) in [6, 6.07) is 4.38. The smallest absolute Gasteiger partial charge is 0.434 e. The second kappa shape index (κ2) is 5.51. The first-order valence-corrected chi connectivity index (χ1v) is 6.00. The molecule has 0 aliphatic carbocycles. The minimum atomic E-state index is -4.97. The first kappa shape index (κ1) is 15.5. The van der Waals surface area contributed by atoms with E-state index in [4.69, 9.17) is 10.8 Å². The highest BCUT2D eigenvalue weighted by Crippen LogP contribution is 2.26. The van der Waals surface area contributed by atoms with E-state index in [0.29, 0.717) is 17.5 Å². The Morgan fingerprint density at radius 2 is 2.14 bits per heavy atom. The van der Waals surface area contributed by atoms with E-state index < -0.39 is 23.4 Å². The van der Waals surface area contributed by atoms with Gasteiger partial charge in [0.2, 0.25) is 0 Å². The molecule has 2 aromatic heterocycles. The maximum Gasteiger partial charge on any atom is 0.434 e. The Labute approximate surface area is 122 Å². The van der Waals surface area contributed by atoms with E-state index in [-0.39, 0.29) is 5.82 Å². The average Bonchev–Trinajstić information content (AvgIpc) is 2.78. The summed E-state index contributed by atoms with van der Waals surface area (Å²) >= 11 is 0. The van der Waals surface area contributed by atoms with Gasteiger partial charge in [0.05, 0.1) is 5.69 Å². The highest BCUT2D eigenvalue weighted by molar-refractivity contribution is 6.21. The number of alkyl halides is 3. The lowest BCUT2D eigenvalue weighted by atomic mass is 10.1. The van der Waals surface area contributed by atoms with Crippen molar-refractivity contribution >= 4 is 23.1 Å². The fourth-order valence-corrected chi connectivity index (χ4v) is 1.85. The first-order valence-electron chi connectivity index (χ1n) is 6.00. The Morgan fingerprint density at radius 3 is 2.68 bits per heavy atom. The van der Waals surface area contributed by atoms with Crippen LogP contribution in [0.15, 0.2) is 41.2 Å². The summed E-state index contributed by atoms with van der Waals surface area (Å²) in [6.45, 7) is 1.67. The van der Waals surface area contributed by atoms with Crippen molar-refractivity contribution in [3.05, 3.63) is 41.9 Å². The summed E-state index contributed by atoms with van der Waals surface area (Å²) in [5.41, 5.74) is 3.28. The number of pyridine rings is 1. The average molecular weight is 312 g/mol. The van der Waals surface area contributed by atoms with Crippen LogP contribution in [-0.4, -0.2) is 32.3 Å². The Bertz CT molecular complexity index is 790. The fraction of sp³-hybridized carbons (Fsp3) is 0.154. The van der Waals surface area contributed by atoms with Gasteiger partial charge in [0.15, 0.2) is 5.71 Å². The van der Waals surface area contributed by atoms with Crippen LogP contribution in [0.3, 0.4) is 0 Å². The van der Waals surface area contributed by atoms with Crippen LogP contribution in [0.25, 0.3) is 5.65 Å². The third kappa shape index (κ3) is 2.92. The maximum atomic E-state index is 13.1. The molecule has 0 saturated heterocycles. The zero-order chi connectivity index (χ0) is 16.5. The molecule has 0 amide bonds. The standard InChI is InChI=1S/C13H11F3N4O2/c1-7-6-20-9(18-7)3-2-4-10(20)19-11(13(14,15)16)8(5-17)12(21)22/h2-6H,17H2,1H3,(H,21,22). The van der Waals surface area contributed by atoms with Gasteiger partial charge in [-0.05, 0) is 19.1 Å².